The second-order valence-electron chi connectivity index (χ2n) is 5.31. The molecule has 0 unspecified atom stereocenters. The third kappa shape index (κ3) is 5.40. The van der Waals surface area contributed by atoms with E-state index >= 15 is 0 Å². The first-order chi connectivity index (χ1) is 10.2. The van der Waals surface area contributed by atoms with Gasteiger partial charge in [-0.15, -0.1) is 0 Å². The molecule has 0 aliphatic carbocycles. The van der Waals surface area contributed by atoms with Gasteiger partial charge in [-0.2, -0.15) is 0 Å². The van der Waals surface area contributed by atoms with E-state index in [-0.39, 0.29) is 30.8 Å². The number of hydrogen-bond acceptors (Lipinski definition) is 4. The minimum absolute atomic E-state index is 0.00199. The Morgan fingerprint density at radius 2 is 2.05 bits per heavy atom. The van der Waals surface area contributed by atoms with Gasteiger partial charge >= 0.3 is 0 Å². The molecule has 4 nitrogen and oxygen atoms in total. The van der Waals surface area contributed by atoms with Crippen LogP contribution in [0.4, 0.5) is 0 Å². The fourth-order valence-electron chi connectivity index (χ4n) is 2.55. The quantitative estimate of drug-likeness (QED) is 0.733. The molecule has 120 valence electrons. The highest BCUT2D eigenvalue weighted by molar-refractivity contribution is 5.20. The summed E-state index contributed by atoms with van der Waals surface area (Å²) in [5.41, 5.74) is 1.09. The van der Waals surface area contributed by atoms with Crippen molar-refractivity contribution in [1.29, 1.82) is 0 Å². The van der Waals surface area contributed by atoms with Crippen LogP contribution in [0.2, 0.25) is 0 Å². The summed E-state index contributed by atoms with van der Waals surface area (Å²) in [4.78, 5) is 0. The van der Waals surface area contributed by atoms with Crippen molar-refractivity contribution in [3.05, 3.63) is 36.0 Å². The molecule has 0 aromatic heterocycles. The SMILES string of the molecule is C/C=C/C=C/C=C(\C)[C@H]1OC[C@@H](C)[C@@H](OC)[C@@H]1OCCO. The zero-order chi connectivity index (χ0) is 15.7. The summed E-state index contributed by atoms with van der Waals surface area (Å²) in [5.74, 6) is 0.265. The third-order valence-corrected chi connectivity index (χ3v) is 3.62. The summed E-state index contributed by atoms with van der Waals surface area (Å²) >= 11 is 0. The van der Waals surface area contributed by atoms with Gasteiger partial charge in [-0.3, -0.25) is 0 Å². The number of ether oxygens (including phenoxy) is 3. The molecular formula is C17H28O4. The van der Waals surface area contributed by atoms with Crippen molar-refractivity contribution >= 4 is 0 Å². The molecule has 0 radical (unpaired) electrons. The summed E-state index contributed by atoms with van der Waals surface area (Å²) in [6.07, 6.45) is 9.58. The van der Waals surface area contributed by atoms with Crippen LogP contribution in [0, 0.1) is 5.92 Å². The van der Waals surface area contributed by atoms with E-state index in [0.29, 0.717) is 13.2 Å². The Bertz CT molecular complexity index is 373. The second-order valence-corrected chi connectivity index (χ2v) is 5.31. The number of rotatable bonds is 7. The first kappa shape index (κ1) is 18.1. The van der Waals surface area contributed by atoms with E-state index in [1.165, 1.54) is 0 Å². The topological polar surface area (TPSA) is 47.9 Å². The first-order valence-electron chi connectivity index (χ1n) is 7.48. The standard InChI is InChI=1S/C17H28O4/c1-5-6-7-8-9-13(2)16-17(20-11-10-18)15(19-4)14(3)12-21-16/h5-9,14-18H,10-12H2,1-4H3/b6-5+,8-7+,13-9+/t14-,15-,16-,17+/m1/s1. The second kappa shape index (κ2) is 9.90. The van der Waals surface area contributed by atoms with E-state index in [2.05, 4.69) is 6.92 Å². The average molecular weight is 296 g/mol. The van der Waals surface area contributed by atoms with Crippen LogP contribution < -0.4 is 0 Å². The molecule has 0 spiro atoms. The number of aliphatic hydroxyl groups is 1. The highest BCUT2D eigenvalue weighted by atomic mass is 16.6. The molecule has 0 amide bonds. The third-order valence-electron chi connectivity index (χ3n) is 3.62. The smallest absolute Gasteiger partial charge is 0.114 e. The molecule has 1 heterocycles. The number of aliphatic hydroxyl groups excluding tert-OH is 1. The molecule has 1 saturated heterocycles. The minimum atomic E-state index is -0.197. The van der Waals surface area contributed by atoms with Crippen LogP contribution in [0.15, 0.2) is 36.0 Å². The lowest BCUT2D eigenvalue weighted by Crippen LogP contribution is -2.52. The van der Waals surface area contributed by atoms with Gasteiger partial charge in [0.05, 0.1) is 25.9 Å². The lowest BCUT2D eigenvalue weighted by molar-refractivity contribution is -0.182. The lowest BCUT2D eigenvalue weighted by Gasteiger charge is -2.41. The van der Waals surface area contributed by atoms with Crippen molar-refractivity contribution in [2.45, 2.75) is 39.1 Å². The zero-order valence-electron chi connectivity index (χ0n) is 13.5. The van der Waals surface area contributed by atoms with Crippen LogP contribution in [0.3, 0.4) is 0 Å². The van der Waals surface area contributed by atoms with E-state index in [4.69, 9.17) is 19.3 Å². The summed E-state index contributed by atoms with van der Waals surface area (Å²) in [6.45, 7) is 7.03. The van der Waals surface area contributed by atoms with Crippen molar-refractivity contribution in [2.24, 2.45) is 5.92 Å². The van der Waals surface area contributed by atoms with E-state index in [1.54, 1.807) is 7.11 Å². The van der Waals surface area contributed by atoms with Crippen LogP contribution in [-0.2, 0) is 14.2 Å². The molecule has 0 bridgehead atoms. The monoisotopic (exact) mass is 296 g/mol. The molecule has 4 heteroatoms. The van der Waals surface area contributed by atoms with Gasteiger partial charge < -0.3 is 19.3 Å². The van der Waals surface area contributed by atoms with Gasteiger partial charge in [-0.25, -0.2) is 0 Å². The van der Waals surface area contributed by atoms with Gasteiger partial charge in [-0.05, 0) is 19.4 Å². The summed E-state index contributed by atoms with van der Waals surface area (Å²) < 4.78 is 17.3. The first-order valence-corrected chi connectivity index (χ1v) is 7.48. The van der Waals surface area contributed by atoms with Crippen molar-refractivity contribution in [1.82, 2.24) is 0 Å². The van der Waals surface area contributed by atoms with E-state index < -0.39 is 0 Å². The molecule has 1 N–H and O–H groups in total. The summed E-state index contributed by atoms with van der Waals surface area (Å²) in [5, 5.41) is 9.01. The number of allylic oxidation sites excluding steroid dienone is 5. The minimum Gasteiger partial charge on any atom is -0.394 e. The fourth-order valence-corrected chi connectivity index (χ4v) is 2.55. The average Bonchev–Trinajstić information content (AvgIpc) is 2.49. The largest absolute Gasteiger partial charge is 0.394 e. The molecular weight excluding hydrogens is 268 g/mol. The van der Waals surface area contributed by atoms with Gasteiger partial charge in [0.25, 0.3) is 0 Å². The molecule has 1 aliphatic heterocycles. The van der Waals surface area contributed by atoms with E-state index in [9.17, 15) is 0 Å². The van der Waals surface area contributed by atoms with Crippen molar-refractivity contribution in [3.8, 4) is 0 Å². The van der Waals surface area contributed by atoms with Crippen molar-refractivity contribution < 1.29 is 19.3 Å². The summed E-state index contributed by atoms with van der Waals surface area (Å²) in [6, 6.07) is 0. The fraction of sp³-hybridized carbons (Fsp3) is 0.647. The molecule has 0 aromatic rings. The number of hydrogen-bond donors (Lipinski definition) is 1. The molecule has 4 atom stereocenters. The molecule has 1 rings (SSSR count). The maximum absolute atomic E-state index is 9.01. The molecule has 21 heavy (non-hydrogen) atoms. The maximum atomic E-state index is 9.01. The van der Waals surface area contributed by atoms with Gasteiger partial charge in [-0.1, -0.05) is 37.3 Å². The van der Waals surface area contributed by atoms with Crippen LogP contribution in [0.25, 0.3) is 0 Å². The Morgan fingerprint density at radius 1 is 1.29 bits per heavy atom. The Morgan fingerprint density at radius 3 is 2.67 bits per heavy atom. The van der Waals surface area contributed by atoms with Gasteiger partial charge in [0, 0.05) is 13.0 Å². The van der Waals surface area contributed by atoms with E-state index in [0.717, 1.165) is 5.57 Å². The number of methoxy groups -OCH3 is 1. The Balaban J connectivity index is 2.84. The van der Waals surface area contributed by atoms with E-state index in [1.807, 2.05) is 44.2 Å². The molecule has 0 aromatic carbocycles. The van der Waals surface area contributed by atoms with Crippen molar-refractivity contribution in [3.63, 3.8) is 0 Å². The van der Waals surface area contributed by atoms with Gasteiger partial charge in [0.1, 0.15) is 12.2 Å². The summed E-state index contributed by atoms with van der Waals surface area (Å²) in [7, 11) is 1.70. The Hall–Kier alpha value is -0.940. The lowest BCUT2D eigenvalue weighted by atomic mass is 9.90. The Kier molecular flexibility index (Phi) is 8.54. The maximum Gasteiger partial charge on any atom is 0.114 e. The van der Waals surface area contributed by atoms with Crippen LogP contribution in [0.5, 0.6) is 0 Å². The predicted octanol–water partition coefficient (Wildman–Crippen LogP) is 2.49. The molecule has 1 fully saturated rings. The van der Waals surface area contributed by atoms with Gasteiger partial charge in [0.2, 0.25) is 0 Å². The predicted molar refractivity (Wildman–Crippen MR) is 84.2 cm³/mol. The molecule has 0 saturated carbocycles. The highest BCUT2D eigenvalue weighted by Crippen LogP contribution is 2.28. The molecule has 1 aliphatic rings. The normalized spacial score (nSPS) is 31.4. The van der Waals surface area contributed by atoms with Crippen molar-refractivity contribution in [2.75, 3.05) is 26.9 Å². The zero-order valence-corrected chi connectivity index (χ0v) is 13.5. The van der Waals surface area contributed by atoms with Crippen LogP contribution in [0.1, 0.15) is 20.8 Å². The highest BCUT2D eigenvalue weighted by Gasteiger charge is 2.40. The van der Waals surface area contributed by atoms with Crippen LogP contribution >= 0.6 is 0 Å². The van der Waals surface area contributed by atoms with Gasteiger partial charge in [0.15, 0.2) is 0 Å². The Labute approximate surface area is 128 Å². The van der Waals surface area contributed by atoms with Crippen LogP contribution in [-0.4, -0.2) is 50.3 Å².